The van der Waals surface area contributed by atoms with E-state index in [1.54, 1.807) is 0 Å². The van der Waals surface area contributed by atoms with Crippen LogP contribution in [0.4, 0.5) is 5.69 Å². The number of para-hydroxylation sites is 1. The van der Waals surface area contributed by atoms with Gasteiger partial charge in [0, 0.05) is 23.3 Å². The van der Waals surface area contributed by atoms with Gasteiger partial charge in [0.05, 0.1) is 24.1 Å². The molecule has 150 valence electrons. The monoisotopic (exact) mass is 410 g/mol. The zero-order valence-electron chi connectivity index (χ0n) is 16.1. The zero-order valence-corrected chi connectivity index (χ0v) is 17.0. The number of thioether (sulfide) groups is 1. The number of likely N-dealkylation sites (tertiary alicyclic amines) is 1. The third-order valence-corrected chi connectivity index (χ3v) is 6.23. The van der Waals surface area contributed by atoms with Crippen LogP contribution in [-0.2, 0) is 4.79 Å². The molecule has 0 bridgehead atoms. The molecule has 0 spiro atoms. The van der Waals surface area contributed by atoms with Crippen LogP contribution in [0.3, 0.4) is 0 Å². The number of amides is 1. The maximum atomic E-state index is 12.8. The molecular weight excluding hydrogens is 386 g/mol. The molecule has 29 heavy (non-hydrogen) atoms. The van der Waals surface area contributed by atoms with Crippen LogP contribution in [0.1, 0.15) is 24.4 Å². The first-order valence-electron chi connectivity index (χ1n) is 9.87. The largest absolute Gasteiger partial charge is 0.486 e. The molecule has 1 unspecified atom stereocenters. The highest BCUT2D eigenvalue weighted by Crippen LogP contribution is 2.33. The molecule has 0 radical (unpaired) electrons. The van der Waals surface area contributed by atoms with E-state index in [0.29, 0.717) is 25.5 Å². The molecule has 2 atom stereocenters. The van der Waals surface area contributed by atoms with Crippen molar-refractivity contribution in [2.24, 2.45) is 0 Å². The lowest BCUT2D eigenvalue weighted by Crippen LogP contribution is -3.11. The Morgan fingerprint density at radius 2 is 2.03 bits per heavy atom. The fourth-order valence-corrected chi connectivity index (χ4v) is 4.68. The Labute approximate surface area is 174 Å². The lowest BCUT2D eigenvalue weighted by molar-refractivity contribution is -0.910. The molecule has 2 aliphatic heterocycles. The number of ether oxygens (including phenoxy) is 2. The van der Waals surface area contributed by atoms with Crippen LogP contribution in [0.15, 0.2) is 47.4 Å². The summed E-state index contributed by atoms with van der Waals surface area (Å²) in [5.74, 6) is 1.95. The topological polar surface area (TPSA) is 75.8 Å². The fourth-order valence-electron chi connectivity index (χ4n) is 4.01. The molecule has 2 aromatic rings. The normalized spacial score (nSPS) is 20.1. The number of anilines is 1. The Morgan fingerprint density at radius 3 is 2.90 bits per heavy atom. The number of carbonyl (C=O) groups excluding carboxylic acids is 1. The second-order valence-electron chi connectivity index (χ2n) is 7.17. The van der Waals surface area contributed by atoms with Gasteiger partial charge in [-0.15, -0.1) is 11.8 Å². The molecule has 1 fully saturated rings. The van der Waals surface area contributed by atoms with E-state index in [1.165, 1.54) is 22.2 Å². The fraction of sp³-hybridized carbons (Fsp3) is 0.364. The maximum Gasteiger partial charge on any atom is 0.279 e. The first-order chi connectivity index (χ1) is 14.2. The number of hydrogen-bond acceptors (Lipinski definition) is 5. The molecule has 0 saturated carbocycles. The summed E-state index contributed by atoms with van der Waals surface area (Å²) >= 11 is 1.43. The molecule has 2 heterocycles. The molecule has 2 aliphatic rings. The number of rotatable bonds is 6. The van der Waals surface area contributed by atoms with Gasteiger partial charge in [-0.3, -0.25) is 4.79 Å². The summed E-state index contributed by atoms with van der Waals surface area (Å²) in [5.41, 5.74) is 1.96. The van der Waals surface area contributed by atoms with Crippen molar-refractivity contribution >= 4 is 23.4 Å². The van der Waals surface area contributed by atoms with Gasteiger partial charge in [-0.1, -0.05) is 12.1 Å². The molecule has 0 aromatic heterocycles. The van der Waals surface area contributed by atoms with Gasteiger partial charge in [-0.05, 0) is 30.3 Å². The van der Waals surface area contributed by atoms with Crippen molar-refractivity contribution in [2.75, 3.05) is 37.4 Å². The summed E-state index contributed by atoms with van der Waals surface area (Å²) in [5, 5.41) is 11.9. The minimum absolute atomic E-state index is 0.00514. The summed E-state index contributed by atoms with van der Waals surface area (Å²) in [6, 6.07) is 16.2. The van der Waals surface area contributed by atoms with Crippen molar-refractivity contribution in [2.45, 2.75) is 23.8 Å². The van der Waals surface area contributed by atoms with Crippen molar-refractivity contribution in [3.8, 4) is 17.6 Å². The SMILES string of the molecule is N#CCSc1ccccc1NC(=O)C[NH+]1CCC[C@H]1c1ccc2c(c1)OCCO2. The minimum atomic E-state index is -0.00514. The lowest BCUT2D eigenvalue weighted by atomic mass is 10.0. The highest BCUT2D eigenvalue weighted by atomic mass is 32.2. The van der Waals surface area contributed by atoms with E-state index in [1.807, 2.05) is 30.3 Å². The summed E-state index contributed by atoms with van der Waals surface area (Å²) in [6.45, 7) is 2.54. The van der Waals surface area contributed by atoms with E-state index in [4.69, 9.17) is 14.7 Å². The van der Waals surface area contributed by atoms with Gasteiger partial charge in [0.2, 0.25) is 0 Å². The standard InChI is InChI=1S/C22H23N3O3S/c23-9-13-29-21-6-2-1-4-17(21)24-22(26)15-25-10-3-5-18(25)16-7-8-19-20(14-16)28-12-11-27-19/h1-2,4,6-8,14,18H,3,5,10-13,15H2,(H,24,26)/p+1/t18-/m0/s1. The number of carbonyl (C=O) groups is 1. The molecule has 2 N–H and O–H groups in total. The van der Waals surface area contributed by atoms with Gasteiger partial charge in [0.1, 0.15) is 19.3 Å². The summed E-state index contributed by atoms with van der Waals surface area (Å²) in [7, 11) is 0. The van der Waals surface area contributed by atoms with Gasteiger partial charge >= 0.3 is 0 Å². The van der Waals surface area contributed by atoms with Crippen LogP contribution in [0, 0.1) is 11.3 Å². The van der Waals surface area contributed by atoms with Crippen LogP contribution in [0.5, 0.6) is 11.5 Å². The van der Waals surface area contributed by atoms with E-state index < -0.39 is 0 Å². The van der Waals surface area contributed by atoms with Gasteiger partial charge in [-0.2, -0.15) is 5.26 Å². The predicted octanol–water partition coefficient (Wildman–Crippen LogP) is 2.43. The molecular formula is C22H24N3O3S+. The van der Waals surface area contributed by atoms with Crippen molar-refractivity contribution in [1.29, 1.82) is 5.26 Å². The Bertz CT molecular complexity index is 928. The number of hydrogen-bond donors (Lipinski definition) is 2. The highest BCUT2D eigenvalue weighted by Gasteiger charge is 2.32. The summed E-state index contributed by atoms with van der Waals surface area (Å²) < 4.78 is 11.3. The van der Waals surface area contributed by atoms with E-state index in [0.717, 1.165) is 41.5 Å². The van der Waals surface area contributed by atoms with Crippen molar-refractivity contribution in [1.82, 2.24) is 0 Å². The number of nitriles is 1. The summed E-state index contributed by atoms with van der Waals surface area (Å²) in [4.78, 5) is 14.9. The van der Waals surface area contributed by atoms with Crippen LogP contribution in [0.25, 0.3) is 0 Å². The Morgan fingerprint density at radius 1 is 1.21 bits per heavy atom. The number of nitrogens with one attached hydrogen (secondary N) is 2. The quantitative estimate of drug-likeness (QED) is 0.716. The maximum absolute atomic E-state index is 12.8. The van der Waals surface area contributed by atoms with Crippen molar-refractivity contribution < 1.29 is 19.2 Å². The molecule has 6 nitrogen and oxygen atoms in total. The van der Waals surface area contributed by atoms with Gasteiger partial charge in [0.15, 0.2) is 18.0 Å². The lowest BCUT2D eigenvalue weighted by Gasteiger charge is -2.24. The average molecular weight is 411 g/mol. The predicted molar refractivity (Wildman–Crippen MR) is 112 cm³/mol. The van der Waals surface area contributed by atoms with Gasteiger partial charge in [0.25, 0.3) is 5.91 Å². The molecule has 1 amide bonds. The number of fused-ring (bicyclic) bond motifs is 1. The van der Waals surface area contributed by atoms with Gasteiger partial charge in [-0.25, -0.2) is 0 Å². The minimum Gasteiger partial charge on any atom is -0.486 e. The smallest absolute Gasteiger partial charge is 0.279 e. The number of quaternary nitrogens is 1. The van der Waals surface area contributed by atoms with E-state index in [-0.39, 0.29) is 11.9 Å². The van der Waals surface area contributed by atoms with E-state index in [9.17, 15) is 4.79 Å². The van der Waals surface area contributed by atoms with Crippen LogP contribution >= 0.6 is 11.8 Å². The molecule has 1 saturated heterocycles. The molecule has 2 aromatic carbocycles. The first-order valence-corrected chi connectivity index (χ1v) is 10.9. The number of benzene rings is 2. The third-order valence-electron chi connectivity index (χ3n) is 5.29. The van der Waals surface area contributed by atoms with Crippen molar-refractivity contribution in [3.05, 3.63) is 48.0 Å². The second kappa shape index (κ2) is 9.21. The van der Waals surface area contributed by atoms with Gasteiger partial charge < -0.3 is 19.7 Å². The first kappa shape index (κ1) is 19.6. The third kappa shape index (κ3) is 4.66. The van der Waals surface area contributed by atoms with Crippen LogP contribution < -0.4 is 19.7 Å². The summed E-state index contributed by atoms with van der Waals surface area (Å²) in [6.07, 6.45) is 2.15. The molecule has 7 heteroatoms. The highest BCUT2D eigenvalue weighted by molar-refractivity contribution is 7.99. The van der Waals surface area contributed by atoms with E-state index >= 15 is 0 Å². The molecule has 0 aliphatic carbocycles. The average Bonchev–Trinajstić information content (AvgIpc) is 3.20. The van der Waals surface area contributed by atoms with Crippen molar-refractivity contribution in [3.63, 3.8) is 0 Å². The number of nitrogens with zero attached hydrogens (tertiary/aromatic N) is 1. The van der Waals surface area contributed by atoms with E-state index in [2.05, 4.69) is 23.5 Å². The Kier molecular flexibility index (Phi) is 6.23. The zero-order chi connectivity index (χ0) is 20.1. The van der Waals surface area contributed by atoms with Crippen LogP contribution in [-0.4, -0.2) is 38.0 Å². The van der Waals surface area contributed by atoms with Crippen LogP contribution in [0.2, 0.25) is 0 Å². The second-order valence-corrected chi connectivity index (χ2v) is 8.19. The Hall–Kier alpha value is -2.69. The molecule has 4 rings (SSSR count). The Balaban J connectivity index is 1.43.